The third kappa shape index (κ3) is 6.44. The molecular weight excluding hydrogens is 428 g/mol. The molecule has 1 aliphatic rings. The molecule has 2 aromatic rings. The quantitative estimate of drug-likeness (QED) is 0.660. The van der Waals surface area contributed by atoms with E-state index in [1.807, 2.05) is 30.3 Å². The molecule has 1 aliphatic heterocycles. The molecule has 1 N–H and O–H groups in total. The number of pyridine rings is 1. The van der Waals surface area contributed by atoms with Gasteiger partial charge in [0.2, 0.25) is 5.75 Å². The number of hydrogen-bond acceptors (Lipinski definition) is 8. The van der Waals surface area contributed by atoms with E-state index in [9.17, 15) is 14.4 Å². The lowest BCUT2D eigenvalue weighted by atomic mass is 10.0. The number of hydrogen-bond donors (Lipinski definition) is 1. The fourth-order valence-corrected chi connectivity index (χ4v) is 3.57. The van der Waals surface area contributed by atoms with Crippen molar-refractivity contribution in [3.63, 3.8) is 0 Å². The lowest BCUT2D eigenvalue weighted by Crippen LogP contribution is -2.44. The van der Waals surface area contributed by atoms with Crippen molar-refractivity contribution >= 4 is 17.8 Å². The van der Waals surface area contributed by atoms with Gasteiger partial charge in [-0.1, -0.05) is 24.6 Å². The fraction of sp³-hybridized carbons (Fsp3) is 0.417. The Balaban J connectivity index is 1.72. The highest BCUT2D eigenvalue weighted by atomic mass is 16.6. The number of benzene rings is 1. The van der Waals surface area contributed by atoms with Gasteiger partial charge in [0.05, 0.1) is 7.11 Å². The van der Waals surface area contributed by atoms with Gasteiger partial charge in [0, 0.05) is 19.2 Å². The number of amides is 1. The van der Waals surface area contributed by atoms with Crippen LogP contribution in [-0.4, -0.2) is 48.2 Å². The van der Waals surface area contributed by atoms with Gasteiger partial charge in [0.1, 0.15) is 24.0 Å². The maximum absolute atomic E-state index is 12.9. The zero-order valence-electron chi connectivity index (χ0n) is 18.9. The molecule has 0 radical (unpaired) electrons. The number of rotatable bonds is 6. The summed E-state index contributed by atoms with van der Waals surface area (Å²) in [6.07, 6.45) is 3.11. The predicted octanol–water partition coefficient (Wildman–Crippen LogP) is 3.07. The van der Waals surface area contributed by atoms with Crippen LogP contribution in [-0.2, 0) is 14.3 Å². The van der Waals surface area contributed by atoms with Crippen LogP contribution in [0.5, 0.6) is 17.2 Å². The first-order valence-corrected chi connectivity index (χ1v) is 10.8. The summed E-state index contributed by atoms with van der Waals surface area (Å²) in [5, 5.41) is 2.67. The second-order valence-corrected chi connectivity index (χ2v) is 7.71. The molecule has 33 heavy (non-hydrogen) atoms. The summed E-state index contributed by atoms with van der Waals surface area (Å²) in [5.74, 6) is -1.08. The summed E-state index contributed by atoms with van der Waals surface area (Å²) in [5.41, 5.74) is -0.157. The SMILES string of the molecule is COc1ccnc(C(=O)N[C@H]2CCCC[C@@H](Oc3ccccc3)[C@H](C)OC2=O)c1OC(C)=O. The van der Waals surface area contributed by atoms with E-state index in [0.717, 1.165) is 6.42 Å². The van der Waals surface area contributed by atoms with Gasteiger partial charge >= 0.3 is 11.9 Å². The van der Waals surface area contributed by atoms with Crippen LogP contribution in [0.25, 0.3) is 0 Å². The van der Waals surface area contributed by atoms with Gasteiger partial charge in [-0.05, 0) is 38.3 Å². The Labute approximate surface area is 192 Å². The Morgan fingerprint density at radius 2 is 1.85 bits per heavy atom. The zero-order valence-corrected chi connectivity index (χ0v) is 18.9. The van der Waals surface area contributed by atoms with Crippen molar-refractivity contribution in [2.45, 2.75) is 57.8 Å². The Morgan fingerprint density at radius 3 is 2.55 bits per heavy atom. The van der Waals surface area contributed by atoms with Crippen molar-refractivity contribution in [1.29, 1.82) is 0 Å². The largest absolute Gasteiger partial charge is 0.493 e. The number of para-hydroxylation sites is 1. The minimum atomic E-state index is -0.881. The summed E-state index contributed by atoms with van der Waals surface area (Å²) >= 11 is 0. The van der Waals surface area contributed by atoms with Gasteiger partial charge in [-0.15, -0.1) is 0 Å². The number of nitrogens with zero attached hydrogens (tertiary/aromatic N) is 1. The van der Waals surface area contributed by atoms with E-state index in [1.54, 1.807) is 6.92 Å². The summed E-state index contributed by atoms with van der Waals surface area (Å²) in [7, 11) is 1.38. The average Bonchev–Trinajstić information content (AvgIpc) is 2.85. The van der Waals surface area contributed by atoms with Crippen molar-refractivity contribution in [3.05, 3.63) is 48.3 Å². The maximum Gasteiger partial charge on any atom is 0.329 e. The Hall–Kier alpha value is -3.62. The van der Waals surface area contributed by atoms with Gasteiger partial charge in [0.15, 0.2) is 11.4 Å². The predicted molar refractivity (Wildman–Crippen MR) is 118 cm³/mol. The van der Waals surface area contributed by atoms with Crippen LogP contribution in [0.2, 0.25) is 0 Å². The molecule has 0 aliphatic carbocycles. The Kier molecular flexibility index (Phi) is 8.23. The van der Waals surface area contributed by atoms with Gasteiger partial charge in [0.25, 0.3) is 5.91 Å². The molecular formula is C24H28N2O7. The Morgan fingerprint density at radius 1 is 1.12 bits per heavy atom. The fourth-order valence-electron chi connectivity index (χ4n) is 3.57. The molecule has 0 saturated carbocycles. The van der Waals surface area contributed by atoms with Crippen LogP contribution in [0.3, 0.4) is 0 Å². The summed E-state index contributed by atoms with van der Waals surface area (Å²) in [4.78, 5) is 41.3. The number of carbonyl (C=O) groups excluding carboxylic acids is 3. The molecule has 9 nitrogen and oxygen atoms in total. The van der Waals surface area contributed by atoms with Crippen LogP contribution in [0, 0.1) is 0 Å². The second kappa shape index (κ2) is 11.3. The van der Waals surface area contributed by atoms with E-state index < -0.39 is 30.0 Å². The van der Waals surface area contributed by atoms with Crippen LogP contribution in [0.15, 0.2) is 42.6 Å². The minimum Gasteiger partial charge on any atom is -0.493 e. The molecule has 0 bridgehead atoms. The number of cyclic esters (lactones) is 1. The molecule has 1 aromatic heterocycles. The second-order valence-electron chi connectivity index (χ2n) is 7.71. The molecule has 1 aromatic carbocycles. The minimum absolute atomic E-state index is 0.105. The van der Waals surface area contributed by atoms with Crippen molar-refractivity contribution < 1.29 is 33.3 Å². The smallest absolute Gasteiger partial charge is 0.329 e. The number of carbonyl (C=O) groups is 3. The van der Waals surface area contributed by atoms with E-state index in [-0.39, 0.29) is 23.3 Å². The zero-order chi connectivity index (χ0) is 23.8. The standard InChI is InChI=1S/C24H28N2O7/c1-15-19(33-17-9-5-4-6-10-17)12-8-7-11-18(24(29)31-15)26-23(28)21-22(32-16(2)27)20(30-3)13-14-25-21/h4-6,9-10,13-15,18-19H,7-8,11-12H2,1-3H3,(H,26,28)/t15-,18-,19+/m0/s1. The first kappa shape index (κ1) is 24.0. The van der Waals surface area contributed by atoms with Gasteiger partial charge in [-0.2, -0.15) is 0 Å². The average molecular weight is 456 g/mol. The summed E-state index contributed by atoms with van der Waals surface area (Å²) < 4.78 is 22.0. The maximum atomic E-state index is 12.9. The molecule has 0 unspecified atom stereocenters. The molecule has 0 spiro atoms. The number of aromatic nitrogens is 1. The molecule has 3 atom stereocenters. The number of esters is 2. The highest BCUT2D eigenvalue weighted by Gasteiger charge is 2.31. The molecule has 2 heterocycles. The monoisotopic (exact) mass is 456 g/mol. The highest BCUT2D eigenvalue weighted by Crippen LogP contribution is 2.30. The summed E-state index contributed by atoms with van der Waals surface area (Å²) in [6.45, 7) is 2.98. The van der Waals surface area contributed by atoms with Crippen LogP contribution in [0.4, 0.5) is 0 Å². The lowest BCUT2D eigenvalue weighted by Gasteiger charge is -2.25. The summed E-state index contributed by atoms with van der Waals surface area (Å²) in [6, 6.07) is 9.95. The van der Waals surface area contributed by atoms with E-state index in [1.165, 1.54) is 26.3 Å². The number of ether oxygens (including phenoxy) is 4. The number of nitrogens with one attached hydrogen (secondary N) is 1. The van der Waals surface area contributed by atoms with Crippen LogP contribution in [0.1, 0.15) is 50.0 Å². The topological polar surface area (TPSA) is 113 Å². The third-order valence-electron chi connectivity index (χ3n) is 5.23. The van der Waals surface area contributed by atoms with Crippen LogP contribution >= 0.6 is 0 Å². The van der Waals surface area contributed by atoms with Crippen LogP contribution < -0.4 is 19.5 Å². The van der Waals surface area contributed by atoms with Gasteiger partial charge in [-0.3, -0.25) is 9.59 Å². The Bertz CT molecular complexity index is 980. The van der Waals surface area contributed by atoms with Gasteiger partial charge < -0.3 is 24.3 Å². The van der Waals surface area contributed by atoms with Crippen molar-refractivity contribution in [2.24, 2.45) is 0 Å². The number of methoxy groups -OCH3 is 1. The molecule has 176 valence electrons. The van der Waals surface area contributed by atoms with Gasteiger partial charge in [-0.25, -0.2) is 9.78 Å². The molecule has 3 rings (SSSR count). The first-order valence-electron chi connectivity index (χ1n) is 10.8. The van der Waals surface area contributed by atoms with E-state index in [0.29, 0.717) is 25.0 Å². The van der Waals surface area contributed by atoms with E-state index >= 15 is 0 Å². The third-order valence-corrected chi connectivity index (χ3v) is 5.23. The highest BCUT2D eigenvalue weighted by molar-refractivity contribution is 5.98. The molecule has 9 heteroatoms. The van der Waals surface area contributed by atoms with Crippen molar-refractivity contribution in [3.8, 4) is 17.2 Å². The first-order chi connectivity index (χ1) is 15.9. The molecule has 1 amide bonds. The van der Waals surface area contributed by atoms with Crippen molar-refractivity contribution in [1.82, 2.24) is 10.3 Å². The van der Waals surface area contributed by atoms with Crippen molar-refractivity contribution in [2.75, 3.05) is 7.11 Å². The van der Waals surface area contributed by atoms with E-state index in [2.05, 4.69) is 10.3 Å². The molecule has 1 saturated heterocycles. The normalized spacial score (nSPS) is 20.9. The molecule has 1 fully saturated rings. The van der Waals surface area contributed by atoms with E-state index in [4.69, 9.17) is 18.9 Å². The lowest BCUT2D eigenvalue weighted by molar-refractivity contribution is -0.154.